The van der Waals surface area contributed by atoms with Crippen molar-refractivity contribution in [2.75, 3.05) is 31.8 Å². The van der Waals surface area contributed by atoms with Gasteiger partial charge in [0.1, 0.15) is 9.84 Å². The maximum absolute atomic E-state index is 11.9. The van der Waals surface area contributed by atoms with Crippen LogP contribution in [0.5, 0.6) is 0 Å². The van der Waals surface area contributed by atoms with Crippen molar-refractivity contribution in [3.8, 4) is 0 Å². The van der Waals surface area contributed by atoms with Crippen LogP contribution in [0.15, 0.2) is 0 Å². The van der Waals surface area contributed by atoms with Gasteiger partial charge in [-0.2, -0.15) is 0 Å². The Morgan fingerprint density at radius 1 is 1.39 bits per heavy atom. The Morgan fingerprint density at radius 3 is 2.44 bits per heavy atom. The molecule has 1 fully saturated rings. The molecule has 0 saturated carbocycles. The zero-order valence-corrected chi connectivity index (χ0v) is 13.4. The highest BCUT2D eigenvalue weighted by molar-refractivity contribution is 9.09. The maximum Gasteiger partial charge on any atom is 0.214 e. The summed E-state index contributed by atoms with van der Waals surface area (Å²) in [6.45, 7) is 0.640. The Balaban J connectivity index is 2.50. The summed E-state index contributed by atoms with van der Waals surface area (Å²) in [7, 11) is -4.95. The predicted octanol–water partition coefficient (Wildman–Crippen LogP) is -0.107. The van der Waals surface area contributed by atoms with E-state index in [1.54, 1.807) is 0 Å². The van der Waals surface area contributed by atoms with Gasteiger partial charge in [-0.25, -0.2) is 21.6 Å². The molecule has 1 heterocycles. The molecule has 0 aromatic heterocycles. The summed E-state index contributed by atoms with van der Waals surface area (Å²) in [4.78, 5) is -0.0930. The third-order valence-corrected chi connectivity index (χ3v) is 7.02. The van der Waals surface area contributed by atoms with Gasteiger partial charge in [0.25, 0.3) is 0 Å². The molecular weight excluding hydrogens is 346 g/mol. The quantitative estimate of drug-likeness (QED) is 0.665. The van der Waals surface area contributed by atoms with Gasteiger partial charge in [0.2, 0.25) is 10.0 Å². The number of sulfonamides is 1. The van der Waals surface area contributed by atoms with Crippen LogP contribution in [0, 0.1) is 0 Å². The molecule has 0 aromatic carbocycles. The van der Waals surface area contributed by atoms with Gasteiger partial charge in [0.05, 0.1) is 28.2 Å². The van der Waals surface area contributed by atoms with E-state index in [0.717, 1.165) is 0 Å². The second-order valence-corrected chi connectivity index (χ2v) is 9.94. The van der Waals surface area contributed by atoms with E-state index in [1.807, 2.05) is 0 Å². The van der Waals surface area contributed by atoms with Gasteiger partial charge in [-0.05, 0) is 12.8 Å². The van der Waals surface area contributed by atoms with Gasteiger partial charge in [-0.15, -0.1) is 0 Å². The summed E-state index contributed by atoms with van der Waals surface area (Å²) in [6.07, 6.45) is 0.351. The lowest BCUT2D eigenvalue weighted by molar-refractivity contribution is 0.201. The molecule has 1 aliphatic heterocycles. The number of alkyl halides is 1. The highest BCUT2D eigenvalue weighted by Gasteiger charge is 2.32. The van der Waals surface area contributed by atoms with Gasteiger partial charge >= 0.3 is 0 Å². The number of methoxy groups -OCH3 is 1. The fraction of sp³-hybridized carbons (Fsp3) is 1.00. The first kappa shape index (κ1) is 16.4. The lowest BCUT2D eigenvalue weighted by atomic mass is 10.2. The van der Waals surface area contributed by atoms with Crippen LogP contribution in [-0.2, 0) is 24.6 Å². The van der Waals surface area contributed by atoms with Crippen LogP contribution in [-0.4, -0.2) is 58.7 Å². The third-order valence-electron chi connectivity index (χ3n) is 2.79. The first-order valence-corrected chi connectivity index (χ1v) is 9.87. The molecule has 1 unspecified atom stereocenters. The average Bonchev–Trinajstić information content (AvgIpc) is 2.26. The largest absolute Gasteiger partial charge is 0.383 e. The molecule has 9 heteroatoms. The van der Waals surface area contributed by atoms with E-state index in [1.165, 1.54) is 7.11 Å². The summed E-state index contributed by atoms with van der Waals surface area (Å²) in [5.41, 5.74) is 0. The van der Waals surface area contributed by atoms with Crippen LogP contribution in [0.1, 0.15) is 12.8 Å². The van der Waals surface area contributed by atoms with Crippen molar-refractivity contribution in [3.63, 3.8) is 0 Å². The molecule has 1 N–H and O–H groups in total. The maximum atomic E-state index is 11.9. The SMILES string of the molecule is COCC(Br)CNS(=O)(=O)C1CCS(=O)(=O)CC1. The smallest absolute Gasteiger partial charge is 0.214 e. The molecule has 1 aliphatic rings. The first-order chi connectivity index (χ1) is 8.27. The average molecular weight is 364 g/mol. The monoisotopic (exact) mass is 363 g/mol. The second-order valence-electron chi connectivity index (χ2n) is 4.30. The molecule has 1 atom stereocenters. The van der Waals surface area contributed by atoms with Crippen LogP contribution in [0.4, 0.5) is 0 Å². The number of ether oxygens (including phenoxy) is 1. The van der Waals surface area contributed by atoms with Gasteiger partial charge < -0.3 is 4.74 Å². The van der Waals surface area contributed by atoms with E-state index < -0.39 is 25.1 Å². The Labute approximate surface area is 117 Å². The van der Waals surface area contributed by atoms with Crippen LogP contribution >= 0.6 is 15.9 Å². The Kier molecular flexibility index (Phi) is 6.04. The lowest BCUT2D eigenvalue weighted by Crippen LogP contribution is -2.42. The molecule has 108 valence electrons. The van der Waals surface area contributed by atoms with Crippen LogP contribution in [0.3, 0.4) is 0 Å². The summed E-state index contributed by atoms with van der Waals surface area (Å²) in [6, 6.07) is 0. The van der Waals surface area contributed by atoms with E-state index in [9.17, 15) is 16.8 Å². The normalized spacial score (nSPS) is 22.8. The zero-order chi connectivity index (χ0) is 13.8. The lowest BCUT2D eigenvalue weighted by Gasteiger charge is -2.22. The van der Waals surface area contributed by atoms with Crippen LogP contribution < -0.4 is 4.72 Å². The number of rotatable bonds is 6. The summed E-state index contributed by atoms with van der Waals surface area (Å²) in [5, 5.41) is -0.608. The molecular formula is C9H18BrNO5S2. The van der Waals surface area contributed by atoms with Gasteiger partial charge in [0, 0.05) is 13.7 Å². The molecule has 0 bridgehead atoms. The van der Waals surface area contributed by atoms with Crippen molar-refractivity contribution in [2.45, 2.75) is 22.9 Å². The number of nitrogens with one attached hydrogen (secondary N) is 1. The van der Waals surface area contributed by atoms with Crippen molar-refractivity contribution in [2.24, 2.45) is 0 Å². The number of hydrogen-bond acceptors (Lipinski definition) is 5. The molecule has 0 spiro atoms. The summed E-state index contributed by atoms with van der Waals surface area (Å²) >= 11 is 3.28. The molecule has 18 heavy (non-hydrogen) atoms. The Morgan fingerprint density at radius 2 is 1.94 bits per heavy atom. The summed E-state index contributed by atoms with van der Waals surface area (Å²) < 4.78 is 53.7. The minimum atomic E-state index is -3.45. The van der Waals surface area contributed by atoms with Crippen molar-refractivity contribution < 1.29 is 21.6 Å². The van der Waals surface area contributed by atoms with E-state index in [0.29, 0.717) is 6.61 Å². The van der Waals surface area contributed by atoms with Crippen molar-refractivity contribution in [1.29, 1.82) is 0 Å². The standard InChI is InChI=1S/C9H18BrNO5S2/c1-16-7-8(10)6-11-18(14,15)9-2-4-17(12,13)5-3-9/h8-9,11H,2-7H2,1H3. The highest BCUT2D eigenvalue weighted by Crippen LogP contribution is 2.18. The van der Waals surface area contributed by atoms with E-state index in [-0.39, 0.29) is 35.7 Å². The Bertz CT molecular complexity index is 447. The molecule has 1 saturated heterocycles. The number of halogens is 1. The van der Waals surface area contributed by atoms with Crippen LogP contribution in [0.2, 0.25) is 0 Å². The zero-order valence-electron chi connectivity index (χ0n) is 10.1. The van der Waals surface area contributed by atoms with Gasteiger partial charge in [-0.1, -0.05) is 15.9 Å². The molecule has 6 nitrogen and oxygen atoms in total. The molecule has 0 aromatic rings. The van der Waals surface area contributed by atoms with E-state index in [4.69, 9.17) is 4.74 Å². The summed E-state index contributed by atoms with van der Waals surface area (Å²) in [5.74, 6) is -0.0945. The van der Waals surface area contributed by atoms with E-state index >= 15 is 0 Å². The van der Waals surface area contributed by atoms with Crippen molar-refractivity contribution in [3.05, 3.63) is 0 Å². The predicted molar refractivity (Wildman–Crippen MR) is 73.2 cm³/mol. The highest BCUT2D eigenvalue weighted by atomic mass is 79.9. The van der Waals surface area contributed by atoms with Crippen molar-refractivity contribution in [1.82, 2.24) is 4.72 Å². The van der Waals surface area contributed by atoms with Gasteiger partial charge in [-0.3, -0.25) is 0 Å². The fourth-order valence-electron chi connectivity index (χ4n) is 1.74. The fourth-order valence-corrected chi connectivity index (χ4v) is 5.70. The minimum Gasteiger partial charge on any atom is -0.383 e. The topological polar surface area (TPSA) is 89.5 Å². The third kappa shape index (κ3) is 5.12. The molecule has 0 radical (unpaired) electrons. The second kappa shape index (κ2) is 6.65. The number of hydrogen-bond donors (Lipinski definition) is 1. The molecule has 1 rings (SSSR count). The van der Waals surface area contributed by atoms with Crippen LogP contribution in [0.25, 0.3) is 0 Å². The number of sulfone groups is 1. The minimum absolute atomic E-state index is 0.0472. The van der Waals surface area contributed by atoms with E-state index in [2.05, 4.69) is 20.7 Å². The molecule has 0 aliphatic carbocycles. The van der Waals surface area contributed by atoms with Gasteiger partial charge in [0.15, 0.2) is 0 Å². The van der Waals surface area contributed by atoms with Crippen molar-refractivity contribution >= 4 is 35.8 Å². The molecule has 0 amide bonds. The Hall–Kier alpha value is 0.300. The first-order valence-electron chi connectivity index (χ1n) is 5.59.